The fourth-order valence-corrected chi connectivity index (χ4v) is 3.39. The Labute approximate surface area is 161 Å². The smallest absolute Gasteiger partial charge is 0.349 e. The molecular formula is C17H14ClF3N4OS. The maximum absolute atomic E-state index is 13.0. The zero-order valence-electron chi connectivity index (χ0n) is 14.0. The van der Waals surface area contributed by atoms with Crippen LogP contribution in [-0.2, 0) is 11.0 Å². The first kappa shape index (κ1) is 19.5. The van der Waals surface area contributed by atoms with Crippen molar-refractivity contribution in [2.75, 3.05) is 5.75 Å². The van der Waals surface area contributed by atoms with Crippen LogP contribution in [0.25, 0.3) is 5.65 Å². The molecule has 27 heavy (non-hydrogen) atoms. The highest BCUT2D eigenvalue weighted by atomic mass is 35.5. The summed E-state index contributed by atoms with van der Waals surface area (Å²) in [4.78, 5) is 12.2. The Kier molecular flexibility index (Phi) is 5.61. The van der Waals surface area contributed by atoms with Gasteiger partial charge < -0.3 is 5.32 Å². The molecule has 0 fully saturated rings. The molecule has 1 aromatic carbocycles. The van der Waals surface area contributed by atoms with Gasteiger partial charge in [0.25, 0.3) is 0 Å². The van der Waals surface area contributed by atoms with E-state index in [9.17, 15) is 18.0 Å². The molecule has 0 saturated heterocycles. The number of carbonyl (C=O) groups is 1. The van der Waals surface area contributed by atoms with E-state index >= 15 is 0 Å². The van der Waals surface area contributed by atoms with Crippen LogP contribution in [0, 0.1) is 0 Å². The van der Waals surface area contributed by atoms with Gasteiger partial charge in [0.05, 0.1) is 22.4 Å². The van der Waals surface area contributed by atoms with E-state index in [1.165, 1.54) is 0 Å². The molecule has 0 saturated carbocycles. The van der Waals surface area contributed by atoms with Gasteiger partial charge in [-0.3, -0.25) is 9.20 Å². The van der Waals surface area contributed by atoms with E-state index in [2.05, 4.69) is 15.5 Å². The Morgan fingerprint density at radius 3 is 2.67 bits per heavy atom. The van der Waals surface area contributed by atoms with Crippen molar-refractivity contribution >= 4 is 34.9 Å². The van der Waals surface area contributed by atoms with Crippen LogP contribution < -0.4 is 5.32 Å². The van der Waals surface area contributed by atoms with Crippen LogP contribution in [0.15, 0.2) is 47.8 Å². The van der Waals surface area contributed by atoms with E-state index in [4.69, 9.17) is 11.6 Å². The average molecular weight is 415 g/mol. The standard InChI is InChI=1S/C17H14ClF3N4OS/c1-10(11-5-3-2-4-6-11)22-14(26)9-27-16-24-23-15-13(18)7-12(8-25(15)16)17(19,20)21/h2-8,10H,9H2,1H3,(H,22,26)/t10-/m0/s1. The van der Waals surface area contributed by atoms with Crippen LogP contribution in [0.2, 0.25) is 5.02 Å². The van der Waals surface area contributed by atoms with Crippen LogP contribution in [0.1, 0.15) is 24.1 Å². The van der Waals surface area contributed by atoms with E-state index in [0.717, 1.165) is 34.0 Å². The predicted octanol–water partition coefficient (Wildman–Crippen LogP) is 4.37. The van der Waals surface area contributed by atoms with Gasteiger partial charge in [-0.25, -0.2) is 0 Å². The van der Waals surface area contributed by atoms with Gasteiger partial charge in [-0.15, -0.1) is 10.2 Å². The van der Waals surface area contributed by atoms with Crippen LogP contribution in [0.4, 0.5) is 13.2 Å². The molecule has 0 aliphatic rings. The number of aromatic nitrogens is 3. The molecule has 1 atom stereocenters. The summed E-state index contributed by atoms with van der Waals surface area (Å²) in [6, 6.07) is 10.0. The quantitative estimate of drug-likeness (QED) is 0.630. The number of amides is 1. The minimum absolute atomic E-state index is 0.0220. The van der Waals surface area contributed by atoms with Gasteiger partial charge in [-0.1, -0.05) is 53.7 Å². The zero-order valence-corrected chi connectivity index (χ0v) is 15.6. The number of fused-ring (bicyclic) bond motifs is 1. The number of pyridine rings is 1. The summed E-state index contributed by atoms with van der Waals surface area (Å²) in [7, 11) is 0. The number of hydrogen-bond donors (Lipinski definition) is 1. The summed E-state index contributed by atoms with van der Waals surface area (Å²) in [6.45, 7) is 1.85. The first-order valence-corrected chi connectivity index (χ1v) is 9.20. The highest BCUT2D eigenvalue weighted by Gasteiger charge is 2.32. The van der Waals surface area contributed by atoms with E-state index in [-0.39, 0.29) is 33.5 Å². The molecule has 2 heterocycles. The normalized spacial score (nSPS) is 12.9. The number of alkyl halides is 3. The summed E-state index contributed by atoms with van der Waals surface area (Å²) >= 11 is 6.85. The Bertz CT molecular complexity index is 962. The Morgan fingerprint density at radius 1 is 1.30 bits per heavy atom. The summed E-state index contributed by atoms with van der Waals surface area (Å²) < 4.78 is 40.0. The Hall–Kier alpha value is -2.26. The molecule has 1 N–H and O–H groups in total. The van der Waals surface area contributed by atoms with Crippen LogP contribution >= 0.6 is 23.4 Å². The first-order valence-electron chi connectivity index (χ1n) is 7.84. The van der Waals surface area contributed by atoms with Crippen molar-refractivity contribution in [1.29, 1.82) is 0 Å². The fraction of sp³-hybridized carbons (Fsp3) is 0.235. The lowest BCUT2D eigenvalue weighted by molar-refractivity contribution is -0.137. The summed E-state index contributed by atoms with van der Waals surface area (Å²) in [6.07, 6.45) is -3.68. The Morgan fingerprint density at radius 2 is 2.00 bits per heavy atom. The van der Waals surface area contributed by atoms with Crippen molar-refractivity contribution in [3.8, 4) is 0 Å². The molecular weight excluding hydrogens is 401 g/mol. The van der Waals surface area contributed by atoms with Gasteiger partial charge in [0.15, 0.2) is 10.8 Å². The van der Waals surface area contributed by atoms with Crippen LogP contribution in [0.5, 0.6) is 0 Å². The molecule has 1 amide bonds. The Balaban J connectivity index is 1.71. The number of benzene rings is 1. The molecule has 0 bridgehead atoms. The lowest BCUT2D eigenvalue weighted by Crippen LogP contribution is -2.28. The van der Waals surface area contributed by atoms with Crippen molar-refractivity contribution in [3.05, 3.63) is 58.7 Å². The maximum atomic E-state index is 13.0. The molecule has 5 nitrogen and oxygen atoms in total. The van der Waals surface area contributed by atoms with E-state index in [1.807, 2.05) is 37.3 Å². The van der Waals surface area contributed by atoms with E-state index in [0.29, 0.717) is 0 Å². The third-order valence-electron chi connectivity index (χ3n) is 3.77. The van der Waals surface area contributed by atoms with Gasteiger partial charge in [-0.2, -0.15) is 13.2 Å². The van der Waals surface area contributed by atoms with Crippen LogP contribution in [-0.4, -0.2) is 26.3 Å². The second-order valence-electron chi connectivity index (χ2n) is 5.74. The van der Waals surface area contributed by atoms with Crippen molar-refractivity contribution in [2.24, 2.45) is 0 Å². The number of nitrogens with one attached hydrogen (secondary N) is 1. The SMILES string of the molecule is C[C@H](NC(=O)CSc1nnc2c(Cl)cc(C(F)(F)F)cn12)c1ccccc1. The number of nitrogens with zero attached hydrogens (tertiary/aromatic N) is 3. The van der Waals surface area contributed by atoms with Crippen LogP contribution in [0.3, 0.4) is 0 Å². The van der Waals surface area contributed by atoms with Gasteiger partial charge in [0.1, 0.15) is 0 Å². The minimum atomic E-state index is -4.55. The highest BCUT2D eigenvalue weighted by Crippen LogP contribution is 2.33. The first-order chi connectivity index (χ1) is 12.8. The minimum Gasteiger partial charge on any atom is -0.349 e. The summed E-state index contributed by atoms with van der Waals surface area (Å²) in [5.74, 6) is -0.294. The molecule has 0 spiro atoms. The maximum Gasteiger partial charge on any atom is 0.417 e. The summed E-state index contributed by atoms with van der Waals surface area (Å²) in [5, 5.41) is 10.4. The second-order valence-corrected chi connectivity index (χ2v) is 7.09. The second kappa shape index (κ2) is 7.77. The number of carbonyl (C=O) groups excluding carboxylic acids is 1. The fourth-order valence-electron chi connectivity index (χ4n) is 2.43. The number of halogens is 4. The number of rotatable bonds is 5. The van der Waals surface area contributed by atoms with Gasteiger partial charge in [0.2, 0.25) is 5.91 Å². The lowest BCUT2D eigenvalue weighted by Gasteiger charge is -2.14. The highest BCUT2D eigenvalue weighted by molar-refractivity contribution is 7.99. The third-order valence-corrected chi connectivity index (χ3v) is 4.99. The average Bonchev–Trinajstić information content (AvgIpc) is 3.03. The van der Waals surface area contributed by atoms with Crippen molar-refractivity contribution in [3.63, 3.8) is 0 Å². The molecule has 0 radical (unpaired) electrons. The lowest BCUT2D eigenvalue weighted by atomic mass is 10.1. The molecule has 2 aromatic heterocycles. The van der Waals surface area contributed by atoms with Crippen molar-refractivity contribution in [2.45, 2.75) is 24.3 Å². The predicted molar refractivity (Wildman–Crippen MR) is 96.7 cm³/mol. The number of thioether (sulfide) groups is 1. The van der Waals surface area contributed by atoms with E-state index in [1.54, 1.807) is 0 Å². The summed E-state index contributed by atoms with van der Waals surface area (Å²) in [5.41, 5.74) is 0.138. The monoisotopic (exact) mass is 414 g/mol. The molecule has 3 rings (SSSR count). The molecule has 10 heteroatoms. The van der Waals surface area contributed by atoms with Gasteiger partial charge in [-0.05, 0) is 18.6 Å². The topological polar surface area (TPSA) is 59.3 Å². The molecule has 0 unspecified atom stereocenters. The number of hydrogen-bond acceptors (Lipinski definition) is 4. The van der Waals surface area contributed by atoms with Gasteiger partial charge in [0, 0.05) is 6.20 Å². The molecule has 0 aliphatic carbocycles. The molecule has 0 aliphatic heterocycles. The zero-order chi connectivity index (χ0) is 19.6. The van der Waals surface area contributed by atoms with Gasteiger partial charge >= 0.3 is 6.18 Å². The van der Waals surface area contributed by atoms with Crippen molar-refractivity contribution < 1.29 is 18.0 Å². The molecule has 3 aromatic rings. The van der Waals surface area contributed by atoms with Crippen molar-refractivity contribution in [1.82, 2.24) is 19.9 Å². The molecule has 142 valence electrons. The third kappa shape index (κ3) is 4.54. The van der Waals surface area contributed by atoms with E-state index < -0.39 is 11.7 Å². The largest absolute Gasteiger partial charge is 0.417 e.